The van der Waals surface area contributed by atoms with Crippen LogP contribution in [0.25, 0.3) is 0 Å². The molecule has 0 atom stereocenters. The van der Waals surface area contributed by atoms with Crippen LogP contribution in [0, 0.1) is 6.92 Å². The molecule has 2 rings (SSSR count). The minimum Gasteiger partial charge on any atom is -0.476 e. The van der Waals surface area contributed by atoms with Crippen LogP contribution in [0.1, 0.15) is 21.9 Å². The molecule has 0 radical (unpaired) electrons. The summed E-state index contributed by atoms with van der Waals surface area (Å²) in [4.78, 5) is 18.5. The standard InChI is InChI=1S/C10H10N4O3/c1-6-4-7(14-17-6)5-13-9-8(10(15)16)11-2-3-12-9/h2-4H,5H2,1H3,(H,12,13)(H,15,16). The van der Waals surface area contributed by atoms with E-state index >= 15 is 0 Å². The zero-order valence-corrected chi connectivity index (χ0v) is 9.04. The van der Waals surface area contributed by atoms with Crippen LogP contribution >= 0.6 is 0 Å². The molecule has 88 valence electrons. The first-order valence-corrected chi connectivity index (χ1v) is 4.87. The van der Waals surface area contributed by atoms with Crippen LogP contribution in [0.2, 0.25) is 0 Å². The van der Waals surface area contributed by atoms with Crippen LogP contribution in [0.4, 0.5) is 5.82 Å². The lowest BCUT2D eigenvalue weighted by molar-refractivity contribution is 0.0691. The lowest BCUT2D eigenvalue weighted by atomic mass is 10.3. The van der Waals surface area contributed by atoms with Crippen molar-refractivity contribution in [2.24, 2.45) is 0 Å². The Labute approximate surface area is 96.5 Å². The summed E-state index contributed by atoms with van der Waals surface area (Å²) in [6, 6.07) is 1.75. The Kier molecular flexibility index (Phi) is 2.99. The number of aromatic nitrogens is 3. The van der Waals surface area contributed by atoms with Crippen molar-refractivity contribution in [3.05, 3.63) is 35.6 Å². The minimum atomic E-state index is -1.13. The molecule has 0 unspecified atom stereocenters. The first kappa shape index (κ1) is 11.1. The molecule has 2 aromatic rings. The number of carbonyl (C=O) groups is 1. The van der Waals surface area contributed by atoms with E-state index in [4.69, 9.17) is 9.63 Å². The number of aryl methyl sites for hydroxylation is 1. The summed E-state index contributed by atoms with van der Waals surface area (Å²) in [6.45, 7) is 2.11. The number of nitrogens with zero attached hydrogens (tertiary/aromatic N) is 3. The second kappa shape index (κ2) is 4.60. The summed E-state index contributed by atoms with van der Waals surface area (Å²) in [7, 11) is 0. The number of anilines is 1. The van der Waals surface area contributed by atoms with E-state index in [9.17, 15) is 4.79 Å². The Morgan fingerprint density at radius 2 is 2.24 bits per heavy atom. The van der Waals surface area contributed by atoms with Crippen molar-refractivity contribution in [2.45, 2.75) is 13.5 Å². The molecule has 0 aliphatic carbocycles. The summed E-state index contributed by atoms with van der Waals surface area (Å²) in [5.41, 5.74) is 0.553. The van der Waals surface area contributed by atoms with E-state index in [1.165, 1.54) is 12.4 Å². The van der Waals surface area contributed by atoms with Gasteiger partial charge in [-0.05, 0) is 6.92 Å². The fourth-order valence-corrected chi connectivity index (χ4v) is 1.30. The lowest BCUT2D eigenvalue weighted by Crippen LogP contribution is -2.10. The third-order valence-corrected chi connectivity index (χ3v) is 2.01. The van der Waals surface area contributed by atoms with Gasteiger partial charge in [-0.2, -0.15) is 0 Å². The SMILES string of the molecule is Cc1cc(CNc2nccnc2C(=O)O)no1. The van der Waals surface area contributed by atoms with Gasteiger partial charge in [-0.3, -0.25) is 0 Å². The molecular formula is C10H10N4O3. The topological polar surface area (TPSA) is 101 Å². The number of hydrogen-bond donors (Lipinski definition) is 2. The van der Waals surface area contributed by atoms with Crippen LogP contribution in [-0.2, 0) is 6.54 Å². The summed E-state index contributed by atoms with van der Waals surface area (Å²) < 4.78 is 4.89. The second-order valence-electron chi connectivity index (χ2n) is 3.34. The van der Waals surface area contributed by atoms with Gasteiger partial charge in [0.1, 0.15) is 11.5 Å². The highest BCUT2D eigenvalue weighted by Crippen LogP contribution is 2.10. The van der Waals surface area contributed by atoms with Gasteiger partial charge in [-0.25, -0.2) is 14.8 Å². The molecule has 0 aliphatic heterocycles. The van der Waals surface area contributed by atoms with E-state index in [1.807, 2.05) is 0 Å². The fraction of sp³-hybridized carbons (Fsp3) is 0.200. The number of hydrogen-bond acceptors (Lipinski definition) is 6. The molecule has 0 aromatic carbocycles. The van der Waals surface area contributed by atoms with Crippen molar-refractivity contribution in [1.82, 2.24) is 15.1 Å². The maximum Gasteiger partial charge on any atom is 0.358 e. The summed E-state index contributed by atoms with van der Waals surface area (Å²) >= 11 is 0. The molecule has 7 heteroatoms. The zero-order valence-electron chi connectivity index (χ0n) is 9.04. The molecule has 0 bridgehead atoms. The fourth-order valence-electron chi connectivity index (χ4n) is 1.30. The molecule has 0 fully saturated rings. The molecule has 0 spiro atoms. The average Bonchev–Trinajstić information content (AvgIpc) is 2.73. The Bertz CT molecular complexity index is 538. The Balaban J connectivity index is 2.11. The van der Waals surface area contributed by atoms with Gasteiger partial charge in [0.2, 0.25) is 0 Å². The van der Waals surface area contributed by atoms with Gasteiger partial charge in [-0.15, -0.1) is 0 Å². The summed E-state index contributed by atoms with van der Waals surface area (Å²) in [6.07, 6.45) is 2.75. The van der Waals surface area contributed by atoms with Crippen molar-refractivity contribution >= 4 is 11.8 Å². The van der Waals surface area contributed by atoms with Gasteiger partial charge in [0, 0.05) is 18.5 Å². The second-order valence-corrected chi connectivity index (χ2v) is 3.34. The summed E-state index contributed by atoms with van der Waals surface area (Å²) in [5.74, 6) is -0.225. The van der Waals surface area contributed by atoms with Crippen molar-refractivity contribution < 1.29 is 14.4 Å². The van der Waals surface area contributed by atoms with Crippen LogP contribution < -0.4 is 5.32 Å². The number of carboxylic acids is 1. The molecule has 2 N–H and O–H groups in total. The quantitative estimate of drug-likeness (QED) is 0.816. The smallest absolute Gasteiger partial charge is 0.358 e. The maximum atomic E-state index is 10.9. The molecule has 0 amide bonds. The first-order chi connectivity index (χ1) is 8.16. The maximum absolute atomic E-state index is 10.9. The highest BCUT2D eigenvalue weighted by Gasteiger charge is 2.12. The summed E-state index contributed by atoms with van der Waals surface area (Å²) in [5, 5.41) is 15.5. The largest absolute Gasteiger partial charge is 0.476 e. The van der Waals surface area contributed by atoms with Gasteiger partial charge in [-0.1, -0.05) is 5.16 Å². The number of rotatable bonds is 4. The van der Waals surface area contributed by atoms with Gasteiger partial charge in [0.25, 0.3) is 0 Å². The van der Waals surface area contributed by atoms with Crippen LogP contribution in [0.3, 0.4) is 0 Å². The Hall–Kier alpha value is -2.44. The van der Waals surface area contributed by atoms with E-state index in [1.54, 1.807) is 13.0 Å². The van der Waals surface area contributed by atoms with Gasteiger partial charge >= 0.3 is 5.97 Å². The van der Waals surface area contributed by atoms with E-state index in [0.717, 1.165) is 0 Å². The Morgan fingerprint density at radius 1 is 1.47 bits per heavy atom. The van der Waals surface area contributed by atoms with E-state index in [-0.39, 0.29) is 11.5 Å². The molecule has 2 aromatic heterocycles. The molecule has 2 heterocycles. The molecule has 0 saturated heterocycles. The van der Waals surface area contributed by atoms with Crippen molar-refractivity contribution in [2.75, 3.05) is 5.32 Å². The zero-order chi connectivity index (χ0) is 12.3. The van der Waals surface area contributed by atoms with Gasteiger partial charge < -0.3 is 14.9 Å². The van der Waals surface area contributed by atoms with Crippen molar-refractivity contribution in [3.63, 3.8) is 0 Å². The van der Waals surface area contributed by atoms with E-state index in [0.29, 0.717) is 18.0 Å². The predicted molar refractivity (Wildman–Crippen MR) is 57.6 cm³/mol. The predicted octanol–water partition coefficient (Wildman–Crippen LogP) is 1.08. The number of aromatic carboxylic acids is 1. The first-order valence-electron chi connectivity index (χ1n) is 4.87. The van der Waals surface area contributed by atoms with E-state index < -0.39 is 5.97 Å². The van der Waals surface area contributed by atoms with Gasteiger partial charge in [0.05, 0.1) is 6.54 Å². The monoisotopic (exact) mass is 234 g/mol. The Morgan fingerprint density at radius 3 is 2.88 bits per heavy atom. The van der Waals surface area contributed by atoms with Gasteiger partial charge in [0.15, 0.2) is 11.5 Å². The lowest BCUT2D eigenvalue weighted by Gasteiger charge is -2.04. The van der Waals surface area contributed by atoms with Crippen LogP contribution in [0.5, 0.6) is 0 Å². The molecular weight excluding hydrogens is 224 g/mol. The molecule has 0 aliphatic rings. The third kappa shape index (κ3) is 2.57. The van der Waals surface area contributed by atoms with Crippen molar-refractivity contribution in [1.29, 1.82) is 0 Å². The van der Waals surface area contributed by atoms with Crippen molar-refractivity contribution in [3.8, 4) is 0 Å². The van der Waals surface area contributed by atoms with Crippen LogP contribution in [-0.4, -0.2) is 26.2 Å². The molecule has 0 saturated carbocycles. The molecule has 17 heavy (non-hydrogen) atoms. The third-order valence-electron chi connectivity index (χ3n) is 2.01. The molecule has 7 nitrogen and oxygen atoms in total. The highest BCUT2D eigenvalue weighted by atomic mass is 16.5. The number of nitrogens with one attached hydrogen (secondary N) is 1. The average molecular weight is 234 g/mol. The minimum absolute atomic E-state index is 0.118. The normalized spacial score (nSPS) is 10.2. The van der Waals surface area contributed by atoms with E-state index in [2.05, 4.69) is 20.4 Å². The number of carboxylic acid groups (broad SMARTS) is 1. The highest BCUT2D eigenvalue weighted by molar-refractivity contribution is 5.90. The van der Waals surface area contributed by atoms with Crippen LogP contribution in [0.15, 0.2) is 23.0 Å².